The van der Waals surface area contributed by atoms with Gasteiger partial charge < -0.3 is 10.1 Å². The number of aromatic nitrogens is 2. The molecule has 0 bridgehead atoms. The molecule has 0 spiro atoms. The zero-order chi connectivity index (χ0) is 10.9. The van der Waals surface area contributed by atoms with Gasteiger partial charge in [0.2, 0.25) is 0 Å². The second kappa shape index (κ2) is 3.66. The van der Waals surface area contributed by atoms with E-state index in [1.165, 1.54) is 0 Å². The smallest absolute Gasteiger partial charge is 0.136 e. The molecule has 0 aliphatic carbocycles. The monoisotopic (exact) mass is 203 g/mol. The molecular weight excluding hydrogens is 186 g/mol. The van der Waals surface area contributed by atoms with Gasteiger partial charge in [0.15, 0.2) is 0 Å². The quantitative estimate of drug-likeness (QED) is 0.828. The lowest BCUT2D eigenvalue weighted by Crippen LogP contribution is -2.22. The molecule has 0 saturated carbocycles. The van der Waals surface area contributed by atoms with Crippen LogP contribution in [0, 0.1) is 0 Å². The Hall–Kier alpha value is -1.35. The van der Waals surface area contributed by atoms with Gasteiger partial charge in [0, 0.05) is 17.8 Å². The molecule has 0 aromatic carbocycles. The van der Waals surface area contributed by atoms with Crippen LogP contribution >= 0.6 is 0 Å². The Morgan fingerprint density at radius 1 is 1.40 bits per heavy atom. The first kappa shape index (κ1) is 10.2. The van der Waals surface area contributed by atoms with Crippen LogP contribution in [0.25, 0.3) is 5.65 Å². The van der Waals surface area contributed by atoms with Gasteiger partial charge in [0.05, 0.1) is 5.69 Å². The van der Waals surface area contributed by atoms with Crippen LogP contribution in [-0.2, 0) is 5.41 Å². The minimum Gasteiger partial charge on any atom is -0.330 e. The van der Waals surface area contributed by atoms with Crippen molar-refractivity contribution in [2.45, 2.75) is 25.7 Å². The van der Waals surface area contributed by atoms with Crippen molar-refractivity contribution in [1.82, 2.24) is 9.38 Å². The molecule has 2 rings (SSSR count). The van der Waals surface area contributed by atoms with Gasteiger partial charge in [0.25, 0.3) is 0 Å². The third-order valence-corrected chi connectivity index (χ3v) is 2.83. The number of fused-ring (bicyclic) bond motifs is 1. The van der Waals surface area contributed by atoms with Crippen LogP contribution in [-0.4, -0.2) is 15.9 Å². The molecule has 0 amide bonds. The molecule has 2 heterocycles. The molecular formula is C12H17N3. The van der Waals surface area contributed by atoms with Gasteiger partial charge in [-0.2, -0.15) is 0 Å². The summed E-state index contributed by atoms with van der Waals surface area (Å²) >= 11 is 0. The Bertz CT molecular complexity index is 424. The summed E-state index contributed by atoms with van der Waals surface area (Å²) in [6.45, 7) is 5.06. The van der Waals surface area contributed by atoms with Crippen LogP contribution in [0.5, 0.6) is 0 Å². The largest absolute Gasteiger partial charge is 0.330 e. The van der Waals surface area contributed by atoms with E-state index in [1.54, 1.807) is 0 Å². The van der Waals surface area contributed by atoms with Crippen molar-refractivity contribution in [1.29, 1.82) is 0 Å². The molecule has 0 radical (unpaired) electrons. The highest BCUT2D eigenvalue weighted by Gasteiger charge is 2.22. The summed E-state index contributed by atoms with van der Waals surface area (Å²) in [5.41, 5.74) is 7.78. The molecule has 0 saturated heterocycles. The van der Waals surface area contributed by atoms with Crippen LogP contribution in [0.2, 0.25) is 0 Å². The summed E-state index contributed by atoms with van der Waals surface area (Å²) < 4.78 is 2.05. The highest BCUT2D eigenvalue weighted by Crippen LogP contribution is 2.25. The van der Waals surface area contributed by atoms with Crippen LogP contribution < -0.4 is 5.73 Å². The average Bonchev–Trinajstić information content (AvgIpc) is 2.61. The number of pyridine rings is 1. The van der Waals surface area contributed by atoms with E-state index >= 15 is 0 Å². The second-order valence-electron chi connectivity index (χ2n) is 4.51. The summed E-state index contributed by atoms with van der Waals surface area (Å²) in [4.78, 5) is 4.61. The first-order chi connectivity index (χ1) is 7.13. The van der Waals surface area contributed by atoms with Crippen molar-refractivity contribution in [3.05, 3.63) is 36.3 Å². The summed E-state index contributed by atoms with van der Waals surface area (Å²) in [6, 6.07) is 6.03. The highest BCUT2D eigenvalue weighted by atomic mass is 15.0. The van der Waals surface area contributed by atoms with Gasteiger partial charge in [0.1, 0.15) is 5.65 Å². The van der Waals surface area contributed by atoms with E-state index in [-0.39, 0.29) is 5.41 Å². The Kier molecular flexibility index (Phi) is 2.49. The van der Waals surface area contributed by atoms with E-state index in [1.807, 2.05) is 28.8 Å². The normalized spacial score (nSPS) is 12.2. The summed E-state index contributed by atoms with van der Waals surface area (Å²) in [5.74, 6) is 0. The summed E-state index contributed by atoms with van der Waals surface area (Å²) in [5, 5.41) is 0. The average molecular weight is 203 g/mol. The number of rotatable bonds is 3. The first-order valence-corrected chi connectivity index (χ1v) is 5.28. The molecule has 15 heavy (non-hydrogen) atoms. The maximum atomic E-state index is 5.61. The predicted octanol–water partition coefficient (Wildman–Crippen LogP) is 1.96. The fourth-order valence-electron chi connectivity index (χ4n) is 1.75. The second-order valence-corrected chi connectivity index (χ2v) is 4.51. The molecule has 2 aromatic rings. The van der Waals surface area contributed by atoms with Gasteiger partial charge in [-0.1, -0.05) is 19.9 Å². The predicted molar refractivity (Wildman–Crippen MR) is 61.9 cm³/mol. The van der Waals surface area contributed by atoms with E-state index < -0.39 is 0 Å². The van der Waals surface area contributed by atoms with Gasteiger partial charge >= 0.3 is 0 Å². The van der Waals surface area contributed by atoms with Crippen molar-refractivity contribution in [3.63, 3.8) is 0 Å². The Labute approximate surface area is 89.9 Å². The minimum atomic E-state index is 0.0563. The maximum Gasteiger partial charge on any atom is 0.136 e. The third-order valence-electron chi connectivity index (χ3n) is 2.83. The molecule has 3 nitrogen and oxygen atoms in total. The van der Waals surface area contributed by atoms with E-state index in [2.05, 4.69) is 25.0 Å². The zero-order valence-corrected chi connectivity index (χ0v) is 9.27. The fraction of sp³-hybridized carbons (Fsp3) is 0.417. The van der Waals surface area contributed by atoms with Gasteiger partial charge in [-0.05, 0) is 25.1 Å². The van der Waals surface area contributed by atoms with Crippen molar-refractivity contribution in [2.75, 3.05) is 6.54 Å². The van der Waals surface area contributed by atoms with Crippen molar-refractivity contribution in [2.24, 2.45) is 5.73 Å². The van der Waals surface area contributed by atoms with Crippen LogP contribution in [0.1, 0.15) is 26.0 Å². The third kappa shape index (κ3) is 1.88. The van der Waals surface area contributed by atoms with E-state index in [9.17, 15) is 0 Å². The van der Waals surface area contributed by atoms with E-state index in [4.69, 9.17) is 5.73 Å². The zero-order valence-electron chi connectivity index (χ0n) is 9.27. The van der Waals surface area contributed by atoms with Gasteiger partial charge in [-0.25, -0.2) is 4.98 Å². The Morgan fingerprint density at radius 3 is 2.87 bits per heavy atom. The maximum absolute atomic E-state index is 5.61. The van der Waals surface area contributed by atoms with E-state index in [0.717, 1.165) is 17.8 Å². The summed E-state index contributed by atoms with van der Waals surface area (Å²) in [7, 11) is 0. The van der Waals surface area contributed by atoms with Crippen LogP contribution in [0.15, 0.2) is 30.6 Å². The van der Waals surface area contributed by atoms with Crippen molar-refractivity contribution in [3.8, 4) is 0 Å². The lowest BCUT2D eigenvalue weighted by Gasteiger charge is -2.20. The highest BCUT2D eigenvalue weighted by molar-refractivity contribution is 5.40. The fourth-order valence-corrected chi connectivity index (χ4v) is 1.75. The van der Waals surface area contributed by atoms with Gasteiger partial charge in [-0.3, -0.25) is 0 Å². The number of nitrogens with two attached hydrogens (primary N) is 1. The summed E-state index contributed by atoms with van der Waals surface area (Å²) in [6.07, 6.45) is 5.06. The van der Waals surface area contributed by atoms with Gasteiger partial charge in [-0.15, -0.1) is 0 Å². The molecule has 0 aliphatic rings. The molecule has 0 aliphatic heterocycles. The molecule has 0 fully saturated rings. The molecule has 0 unspecified atom stereocenters. The molecule has 80 valence electrons. The molecule has 2 aromatic heterocycles. The lowest BCUT2D eigenvalue weighted by atomic mass is 9.86. The standard InChI is InChI=1S/C12H17N3/c1-12(2,6-7-13)10-9-15-8-4-3-5-11(15)14-10/h3-5,8-9H,6-7,13H2,1-2H3. The Morgan fingerprint density at radius 2 is 2.20 bits per heavy atom. The van der Waals surface area contributed by atoms with Crippen LogP contribution in [0.4, 0.5) is 0 Å². The number of hydrogen-bond donors (Lipinski definition) is 1. The van der Waals surface area contributed by atoms with Crippen molar-refractivity contribution < 1.29 is 0 Å². The SMILES string of the molecule is CC(C)(CCN)c1cn2ccccc2n1. The number of hydrogen-bond acceptors (Lipinski definition) is 2. The van der Waals surface area contributed by atoms with Crippen molar-refractivity contribution >= 4 is 5.65 Å². The number of nitrogens with zero attached hydrogens (tertiary/aromatic N) is 2. The van der Waals surface area contributed by atoms with Crippen LogP contribution in [0.3, 0.4) is 0 Å². The first-order valence-electron chi connectivity index (χ1n) is 5.28. The Balaban J connectivity index is 2.44. The minimum absolute atomic E-state index is 0.0563. The van der Waals surface area contributed by atoms with E-state index in [0.29, 0.717) is 6.54 Å². The lowest BCUT2D eigenvalue weighted by molar-refractivity contribution is 0.476. The number of imidazole rings is 1. The topological polar surface area (TPSA) is 43.3 Å². The molecule has 0 atom stereocenters. The molecule has 2 N–H and O–H groups in total. The molecule has 3 heteroatoms.